The molecule has 4 aromatic rings. The quantitative estimate of drug-likeness (QED) is 0.210. The Morgan fingerprint density at radius 2 is 1.55 bits per heavy atom. The standard InChI is InChI=1S/C24H28N2O3.C7H8O3S/c1-3-14-9-16-11-18(12-17(16)10-15(14)4-2)25-13-22(28)19-5-7-21(27)24-20(19)6-8-23(29)26-24;1-6-2-4-7(5-3-6)11(8,9)10/h5-10,18,22,25,27-28H,3-4,11-13H2,1-2H3,(H,26,29);2-5H,1H3,(H,8,9,10)/t22-;/m0./s1. The van der Waals surface area contributed by atoms with Gasteiger partial charge >= 0.3 is 0 Å². The van der Waals surface area contributed by atoms with Crippen LogP contribution in [0.1, 0.15) is 53.3 Å². The molecule has 212 valence electrons. The number of phenolic OH excluding ortho intramolecular Hbond substituents is 1. The highest BCUT2D eigenvalue weighted by Gasteiger charge is 2.24. The lowest BCUT2D eigenvalue weighted by molar-refractivity contribution is 0.171. The molecule has 0 unspecified atom stereocenters. The molecule has 0 bridgehead atoms. The first-order valence-electron chi connectivity index (χ1n) is 13.4. The molecule has 1 atom stereocenters. The Morgan fingerprint density at radius 1 is 0.950 bits per heavy atom. The van der Waals surface area contributed by atoms with Gasteiger partial charge in [0.1, 0.15) is 5.75 Å². The van der Waals surface area contributed by atoms with Gasteiger partial charge in [-0.15, -0.1) is 0 Å². The molecule has 3 aromatic carbocycles. The molecule has 40 heavy (non-hydrogen) atoms. The molecule has 0 amide bonds. The zero-order chi connectivity index (χ0) is 29.0. The van der Waals surface area contributed by atoms with E-state index in [1.165, 1.54) is 46.5 Å². The minimum atomic E-state index is -4.02. The van der Waals surface area contributed by atoms with Gasteiger partial charge in [0, 0.05) is 24.0 Å². The van der Waals surface area contributed by atoms with E-state index >= 15 is 0 Å². The van der Waals surface area contributed by atoms with Gasteiger partial charge in [-0.1, -0.05) is 49.7 Å². The van der Waals surface area contributed by atoms with Crippen molar-refractivity contribution in [1.29, 1.82) is 0 Å². The Labute approximate surface area is 234 Å². The number of hydrogen-bond donors (Lipinski definition) is 5. The summed E-state index contributed by atoms with van der Waals surface area (Å²) in [7, 11) is -4.02. The fourth-order valence-electron chi connectivity index (χ4n) is 5.23. The van der Waals surface area contributed by atoms with Crippen molar-refractivity contribution < 1.29 is 23.2 Å². The third kappa shape index (κ3) is 6.79. The molecule has 1 aliphatic carbocycles. The van der Waals surface area contributed by atoms with E-state index in [1.807, 2.05) is 6.92 Å². The van der Waals surface area contributed by atoms with Crippen LogP contribution in [0.25, 0.3) is 10.9 Å². The van der Waals surface area contributed by atoms with Crippen LogP contribution >= 0.6 is 0 Å². The van der Waals surface area contributed by atoms with Gasteiger partial charge in [0.2, 0.25) is 5.56 Å². The summed E-state index contributed by atoms with van der Waals surface area (Å²) in [5, 5.41) is 25.0. The zero-order valence-electron chi connectivity index (χ0n) is 22.9. The third-order valence-electron chi connectivity index (χ3n) is 7.40. The van der Waals surface area contributed by atoms with Crippen LogP contribution in [0.15, 0.2) is 70.4 Å². The fraction of sp³-hybridized carbons (Fsp3) is 0.323. The Hall–Kier alpha value is -3.50. The van der Waals surface area contributed by atoms with Gasteiger partial charge in [-0.3, -0.25) is 9.35 Å². The van der Waals surface area contributed by atoms with E-state index in [1.54, 1.807) is 24.3 Å². The number of H-pyrrole nitrogens is 1. The maximum absolute atomic E-state index is 11.6. The molecular formula is C31H36N2O6S. The number of hydrogen-bond acceptors (Lipinski definition) is 6. The number of aromatic hydroxyl groups is 1. The maximum Gasteiger partial charge on any atom is 0.294 e. The first-order valence-corrected chi connectivity index (χ1v) is 14.9. The van der Waals surface area contributed by atoms with Gasteiger partial charge in [-0.05, 0) is 84.7 Å². The van der Waals surface area contributed by atoms with Crippen LogP contribution in [0, 0.1) is 6.92 Å². The summed E-state index contributed by atoms with van der Waals surface area (Å²) < 4.78 is 29.6. The highest BCUT2D eigenvalue weighted by molar-refractivity contribution is 7.85. The molecule has 0 spiro atoms. The molecule has 0 saturated heterocycles. The summed E-state index contributed by atoms with van der Waals surface area (Å²) in [4.78, 5) is 14.2. The van der Waals surface area contributed by atoms with Gasteiger partial charge in [0.15, 0.2) is 0 Å². The van der Waals surface area contributed by atoms with Crippen LogP contribution in [-0.4, -0.2) is 40.8 Å². The van der Waals surface area contributed by atoms with E-state index in [4.69, 9.17) is 4.55 Å². The van der Waals surface area contributed by atoms with Crippen molar-refractivity contribution in [3.63, 3.8) is 0 Å². The number of nitrogens with one attached hydrogen (secondary N) is 2. The highest BCUT2D eigenvalue weighted by Crippen LogP contribution is 2.30. The van der Waals surface area contributed by atoms with Crippen molar-refractivity contribution in [2.24, 2.45) is 0 Å². The number of aliphatic hydroxyl groups excluding tert-OH is 1. The second-order valence-electron chi connectivity index (χ2n) is 10.2. The van der Waals surface area contributed by atoms with Crippen molar-refractivity contribution in [2.45, 2.75) is 63.5 Å². The number of aliphatic hydroxyl groups is 1. The Balaban J connectivity index is 0.000000283. The Kier molecular flexibility index (Phi) is 9.10. The van der Waals surface area contributed by atoms with Crippen molar-refractivity contribution in [1.82, 2.24) is 10.3 Å². The van der Waals surface area contributed by atoms with Crippen LogP contribution < -0.4 is 10.9 Å². The van der Waals surface area contributed by atoms with Gasteiger partial charge in [-0.25, -0.2) is 0 Å². The van der Waals surface area contributed by atoms with Crippen molar-refractivity contribution in [3.05, 3.63) is 104 Å². The molecular weight excluding hydrogens is 528 g/mol. The molecule has 5 rings (SSSR count). The minimum Gasteiger partial charge on any atom is -0.506 e. The number of phenols is 1. The topological polar surface area (TPSA) is 140 Å². The second kappa shape index (κ2) is 12.3. The summed E-state index contributed by atoms with van der Waals surface area (Å²) in [6.07, 6.45) is 3.34. The molecule has 1 heterocycles. The predicted octanol–water partition coefficient (Wildman–Crippen LogP) is 4.39. The van der Waals surface area contributed by atoms with E-state index in [0.29, 0.717) is 29.1 Å². The fourth-order valence-corrected chi connectivity index (χ4v) is 5.71. The van der Waals surface area contributed by atoms with E-state index in [-0.39, 0.29) is 16.2 Å². The zero-order valence-corrected chi connectivity index (χ0v) is 23.8. The average Bonchev–Trinajstić information content (AvgIpc) is 3.33. The van der Waals surface area contributed by atoms with Crippen LogP contribution in [0.3, 0.4) is 0 Å². The van der Waals surface area contributed by atoms with Crippen molar-refractivity contribution in [3.8, 4) is 5.75 Å². The minimum absolute atomic E-state index is 0.00584. The first kappa shape index (κ1) is 29.5. The number of pyridine rings is 1. The van der Waals surface area contributed by atoms with Crippen molar-refractivity contribution >= 4 is 21.0 Å². The van der Waals surface area contributed by atoms with E-state index in [9.17, 15) is 23.4 Å². The smallest absolute Gasteiger partial charge is 0.294 e. The SMILES string of the molecule is CCc1cc2c(cc1CC)CC(NC[C@H](O)c1ccc(O)c3[nH]c(=O)ccc13)C2.Cc1ccc(S(=O)(=O)O)cc1. The number of aryl methyl sites for hydroxylation is 3. The normalized spacial score (nSPS) is 14.0. The van der Waals surface area contributed by atoms with E-state index in [0.717, 1.165) is 31.2 Å². The summed E-state index contributed by atoms with van der Waals surface area (Å²) in [6, 6.07) is 17.3. The van der Waals surface area contributed by atoms with Gasteiger partial charge in [0.25, 0.3) is 10.1 Å². The summed E-state index contributed by atoms with van der Waals surface area (Å²) in [5.74, 6) is 0.00584. The number of aromatic nitrogens is 1. The lowest BCUT2D eigenvalue weighted by Crippen LogP contribution is -2.33. The average molecular weight is 565 g/mol. The monoisotopic (exact) mass is 564 g/mol. The Bertz CT molecular complexity index is 1630. The number of rotatable bonds is 7. The predicted molar refractivity (Wildman–Crippen MR) is 157 cm³/mol. The molecule has 0 saturated carbocycles. The number of benzene rings is 3. The molecule has 0 fully saturated rings. The molecule has 5 N–H and O–H groups in total. The molecule has 8 nitrogen and oxygen atoms in total. The summed E-state index contributed by atoms with van der Waals surface area (Å²) in [6.45, 7) is 6.67. The largest absolute Gasteiger partial charge is 0.506 e. The van der Waals surface area contributed by atoms with E-state index in [2.05, 4.69) is 36.3 Å². The maximum atomic E-state index is 11.6. The van der Waals surface area contributed by atoms with Crippen LogP contribution in [0.5, 0.6) is 5.75 Å². The molecule has 0 radical (unpaired) electrons. The Morgan fingerprint density at radius 3 is 2.10 bits per heavy atom. The van der Waals surface area contributed by atoms with Crippen LogP contribution in [0.4, 0.5) is 0 Å². The van der Waals surface area contributed by atoms with E-state index < -0.39 is 16.2 Å². The first-order chi connectivity index (χ1) is 19.0. The van der Waals surface area contributed by atoms with Gasteiger partial charge < -0.3 is 20.5 Å². The molecule has 1 aliphatic rings. The lowest BCUT2D eigenvalue weighted by Gasteiger charge is -2.18. The lowest BCUT2D eigenvalue weighted by atomic mass is 9.97. The van der Waals surface area contributed by atoms with Gasteiger partial charge in [-0.2, -0.15) is 8.42 Å². The molecule has 9 heteroatoms. The van der Waals surface area contributed by atoms with Crippen LogP contribution in [0.2, 0.25) is 0 Å². The summed E-state index contributed by atoms with van der Waals surface area (Å²) >= 11 is 0. The number of fused-ring (bicyclic) bond motifs is 2. The third-order valence-corrected chi connectivity index (χ3v) is 8.27. The van der Waals surface area contributed by atoms with Crippen LogP contribution in [-0.2, 0) is 35.8 Å². The number of aromatic amines is 1. The summed E-state index contributed by atoms with van der Waals surface area (Å²) in [5.41, 5.74) is 7.45. The molecule has 1 aromatic heterocycles. The van der Waals surface area contributed by atoms with Crippen molar-refractivity contribution in [2.75, 3.05) is 6.54 Å². The molecule has 0 aliphatic heterocycles. The second-order valence-corrected chi connectivity index (χ2v) is 11.6. The highest BCUT2D eigenvalue weighted by atomic mass is 32.2. The van der Waals surface area contributed by atoms with Gasteiger partial charge in [0.05, 0.1) is 16.5 Å².